The number of halogens is 1. The van der Waals surface area contributed by atoms with Crippen LogP contribution in [0.2, 0.25) is 0 Å². The van der Waals surface area contributed by atoms with Crippen LogP contribution in [-0.2, 0) is 4.79 Å². The molecule has 33 heavy (non-hydrogen) atoms. The highest BCUT2D eigenvalue weighted by Gasteiger charge is 2.20. The van der Waals surface area contributed by atoms with Crippen LogP contribution < -0.4 is 20.5 Å². The summed E-state index contributed by atoms with van der Waals surface area (Å²) in [4.78, 5) is 27.4. The number of ether oxygens (including phenoxy) is 1. The Morgan fingerprint density at radius 3 is 2.39 bits per heavy atom. The van der Waals surface area contributed by atoms with Gasteiger partial charge in [0.25, 0.3) is 11.5 Å². The van der Waals surface area contributed by atoms with Crippen molar-refractivity contribution in [3.8, 4) is 11.6 Å². The van der Waals surface area contributed by atoms with Crippen molar-refractivity contribution in [2.24, 2.45) is 0 Å². The second-order valence-corrected chi connectivity index (χ2v) is 7.57. The quantitative estimate of drug-likeness (QED) is 0.523. The van der Waals surface area contributed by atoms with Gasteiger partial charge in [-0.2, -0.15) is 4.68 Å². The lowest BCUT2D eigenvalue weighted by Gasteiger charge is -2.23. The highest BCUT2D eigenvalue weighted by atomic mass is 19.1. The molecule has 0 bridgehead atoms. The van der Waals surface area contributed by atoms with Crippen LogP contribution in [0.5, 0.6) is 5.88 Å². The Morgan fingerprint density at radius 1 is 1.09 bits per heavy atom. The van der Waals surface area contributed by atoms with Gasteiger partial charge in [-0.3, -0.25) is 9.59 Å². The highest BCUT2D eigenvalue weighted by molar-refractivity contribution is 5.95. The number of aryl methyl sites for hydroxylation is 1. The number of rotatable bonds is 9. The zero-order valence-electron chi connectivity index (χ0n) is 19.3. The summed E-state index contributed by atoms with van der Waals surface area (Å²) in [7, 11) is 0. The van der Waals surface area contributed by atoms with Crippen LogP contribution >= 0.6 is 0 Å². The van der Waals surface area contributed by atoms with Crippen molar-refractivity contribution in [1.82, 2.24) is 9.78 Å². The Hall–Kier alpha value is -3.68. The fourth-order valence-corrected chi connectivity index (χ4v) is 3.48. The van der Waals surface area contributed by atoms with Crippen molar-refractivity contribution in [1.29, 1.82) is 0 Å². The molecule has 0 saturated carbocycles. The zero-order chi connectivity index (χ0) is 24.0. The molecule has 0 saturated heterocycles. The number of anilines is 2. The first-order valence-corrected chi connectivity index (χ1v) is 11.1. The largest absolute Gasteiger partial charge is 0.463 e. The van der Waals surface area contributed by atoms with Gasteiger partial charge < -0.3 is 15.0 Å². The van der Waals surface area contributed by atoms with Crippen molar-refractivity contribution >= 4 is 17.3 Å². The smallest absolute Gasteiger partial charge is 0.271 e. The maximum Gasteiger partial charge on any atom is 0.271 e. The van der Waals surface area contributed by atoms with Crippen molar-refractivity contribution in [2.75, 3.05) is 23.3 Å². The molecule has 0 unspecified atom stereocenters. The molecule has 0 aliphatic carbocycles. The minimum atomic E-state index is -0.807. The summed E-state index contributed by atoms with van der Waals surface area (Å²) < 4.78 is 20.1. The molecule has 0 fully saturated rings. The van der Waals surface area contributed by atoms with Gasteiger partial charge in [-0.25, -0.2) is 4.39 Å². The monoisotopic (exact) mass is 452 g/mol. The summed E-state index contributed by atoms with van der Waals surface area (Å²) in [6.07, 6.45) is -0.404. The Bertz CT molecular complexity index is 1160. The van der Waals surface area contributed by atoms with Crippen LogP contribution in [0.4, 0.5) is 15.8 Å². The van der Waals surface area contributed by atoms with E-state index in [1.165, 1.54) is 36.4 Å². The normalized spacial score (nSPS) is 11.7. The van der Waals surface area contributed by atoms with Crippen molar-refractivity contribution in [3.63, 3.8) is 0 Å². The molecule has 7 nitrogen and oxygen atoms in total. The molecule has 0 aliphatic heterocycles. The molecule has 0 radical (unpaired) electrons. The Kier molecular flexibility index (Phi) is 7.82. The lowest BCUT2D eigenvalue weighted by atomic mass is 10.1. The Labute approximate surface area is 192 Å². The molecule has 3 aromatic rings. The summed E-state index contributed by atoms with van der Waals surface area (Å²) in [5.41, 5.74) is 2.77. The summed E-state index contributed by atoms with van der Waals surface area (Å²) in [5, 5.41) is 7.12. The third-order valence-electron chi connectivity index (χ3n) is 5.37. The van der Waals surface area contributed by atoms with Gasteiger partial charge in [0.2, 0.25) is 5.88 Å². The number of hydrogen-bond acceptors (Lipinski definition) is 5. The number of nitrogens with zero attached hydrogens (tertiary/aromatic N) is 3. The van der Waals surface area contributed by atoms with Crippen LogP contribution in [0.3, 0.4) is 0 Å². The number of benzene rings is 2. The number of hydrogen-bond donors (Lipinski definition) is 1. The third-order valence-corrected chi connectivity index (χ3v) is 5.37. The van der Waals surface area contributed by atoms with E-state index in [0.29, 0.717) is 17.8 Å². The van der Waals surface area contributed by atoms with E-state index in [-0.39, 0.29) is 11.8 Å². The molecular formula is C25H29FN4O3. The number of amides is 1. The standard InChI is InChI=1S/C25H29FN4O3/c1-5-22(25(32)27-21-13-12-20(16-17(21)4)29(6-2)7-3)33-23-14-15-24(31)30(28-23)19-10-8-18(26)9-11-19/h8-16,22H,5-7H2,1-4H3,(H,27,32)/t22-/m0/s1. The molecule has 174 valence electrons. The van der Waals surface area contributed by atoms with Crippen molar-refractivity contribution in [3.05, 3.63) is 76.3 Å². The molecular weight excluding hydrogens is 423 g/mol. The van der Waals surface area contributed by atoms with Gasteiger partial charge in [-0.1, -0.05) is 6.92 Å². The first-order chi connectivity index (χ1) is 15.9. The second-order valence-electron chi connectivity index (χ2n) is 7.57. The highest BCUT2D eigenvalue weighted by Crippen LogP contribution is 2.23. The van der Waals surface area contributed by atoms with E-state index >= 15 is 0 Å². The summed E-state index contributed by atoms with van der Waals surface area (Å²) in [5.74, 6) is -0.602. The van der Waals surface area contributed by atoms with E-state index in [9.17, 15) is 14.0 Å². The summed E-state index contributed by atoms with van der Waals surface area (Å²) in [6, 6.07) is 14.0. The minimum absolute atomic E-state index is 0.120. The molecule has 0 aliphatic rings. The molecule has 1 aromatic heterocycles. The molecule has 0 spiro atoms. The Balaban J connectivity index is 1.76. The van der Waals surface area contributed by atoms with Gasteiger partial charge in [-0.15, -0.1) is 5.10 Å². The molecule has 1 heterocycles. The number of carbonyl (C=O) groups excluding carboxylic acids is 1. The van der Waals surface area contributed by atoms with Gasteiger partial charge in [0.05, 0.1) is 5.69 Å². The molecule has 2 aromatic carbocycles. The maximum atomic E-state index is 13.2. The topological polar surface area (TPSA) is 76.5 Å². The van der Waals surface area contributed by atoms with E-state index < -0.39 is 17.5 Å². The number of nitrogens with one attached hydrogen (secondary N) is 1. The molecule has 1 amide bonds. The van der Waals surface area contributed by atoms with E-state index in [1.54, 1.807) is 0 Å². The van der Waals surface area contributed by atoms with E-state index in [2.05, 4.69) is 29.2 Å². The lowest BCUT2D eigenvalue weighted by Crippen LogP contribution is -2.33. The third kappa shape index (κ3) is 5.77. The Morgan fingerprint density at radius 2 is 1.79 bits per heavy atom. The van der Waals surface area contributed by atoms with Gasteiger partial charge in [0, 0.05) is 36.6 Å². The minimum Gasteiger partial charge on any atom is -0.463 e. The average molecular weight is 453 g/mol. The van der Waals surface area contributed by atoms with Crippen molar-refractivity contribution in [2.45, 2.75) is 40.2 Å². The first-order valence-electron chi connectivity index (χ1n) is 11.1. The van der Waals surface area contributed by atoms with Crippen LogP contribution in [0.25, 0.3) is 5.69 Å². The average Bonchev–Trinajstić information content (AvgIpc) is 2.81. The van der Waals surface area contributed by atoms with Gasteiger partial charge in [-0.05, 0) is 75.2 Å². The number of aromatic nitrogens is 2. The van der Waals surface area contributed by atoms with Crippen LogP contribution in [0.15, 0.2) is 59.4 Å². The van der Waals surface area contributed by atoms with Crippen LogP contribution in [-0.4, -0.2) is 34.9 Å². The van der Waals surface area contributed by atoms with E-state index in [0.717, 1.165) is 29.0 Å². The fourth-order valence-electron chi connectivity index (χ4n) is 3.48. The SMILES string of the molecule is CC[C@H](Oc1ccc(=O)n(-c2ccc(F)cc2)n1)C(=O)Nc1ccc(N(CC)CC)cc1C. The van der Waals surface area contributed by atoms with Gasteiger partial charge in [0.1, 0.15) is 5.82 Å². The molecule has 3 rings (SSSR count). The molecule has 1 atom stereocenters. The van der Waals surface area contributed by atoms with Gasteiger partial charge >= 0.3 is 0 Å². The van der Waals surface area contributed by atoms with E-state index in [1.807, 2.05) is 32.0 Å². The lowest BCUT2D eigenvalue weighted by molar-refractivity contribution is -0.123. The van der Waals surface area contributed by atoms with Crippen LogP contribution in [0, 0.1) is 12.7 Å². The second kappa shape index (κ2) is 10.8. The zero-order valence-corrected chi connectivity index (χ0v) is 19.3. The maximum absolute atomic E-state index is 13.2. The number of carbonyl (C=O) groups is 1. The fraction of sp³-hybridized carbons (Fsp3) is 0.320. The van der Waals surface area contributed by atoms with Crippen LogP contribution in [0.1, 0.15) is 32.8 Å². The van der Waals surface area contributed by atoms with Gasteiger partial charge in [0.15, 0.2) is 6.10 Å². The van der Waals surface area contributed by atoms with Crippen molar-refractivity contribution < 1.29 is 13.9 Å². The predicted octanol–water partition coefficient (Wildman–Crippen LogP) is 4.32. The summed E-state index contributed by atoms with van der Waals surface area (Å²) in [6.45, 7) is 9.79. The molecule has 8 heteroatoms. The van der Waals surface area contributed by atoms with E-state index in [4.69, 9.17) is 4.74 Å². The molecule has 1 N–H and O–H groups in total. The predicted molar refractivity (Wildman–Crippen MR) is 128 cm³/mol. The summed E-state index contributed by atoms with van der Waals surface area (Å²) >= 11 is 0. The first kappa shape index (κ1) is 24.0.